The fourth-order valence-electron chi connectivity index (χ4n) is 2.19. The molecular weight excluding hydrogens is 407 g/mol. The molecule has 10 heteroatoms. The van der Waals surface area contributed by atoms with E-state index in [4.69, 9.17) is 16.3 Å². The first-order valence-electron chi connectivity index (χ1n) is 7.67. The summed E-state index contributed by atoms with van der Waals surface area (Å²) in [5, 5.41) is 0.306. The molecule has 0 aliphatic heterocycles. The molecule has 0 N–H and O–H groups in total. The van der Waals surface area contributed by atoms with Crippen molar-refractivity contribution in [3.8, 4) is 0 Å². The van der Waals surface area contributed by atoms with Gasteiger partial charge in [-0.05, 0) is 55.5 Å². The molecule has 0 spiro atoms. The van der Waals surface area contributed by atoms with Gasteiger partial charge in [0.2, 0.25) is 0 Å². The van der Waals surface area contributed by atoms with Crippen LogP contribution in [0.15, 0.2) is 53.4 Å². The molecule has 0 amide bonds. The smallest absolute Gasteiger partial charge is 0.416 e. The van der Waals surface area contributed by atoms with E-state index >= 15 is 0 Å². The molecule has 5 nitrogen and oxygen atoms in total. The van der Waals surface area contributed by atoms with E-state index in [9.17, 15) is 26.4 Å². The van der Waals surface area contributed by atoms with Crippen LogP contribution in [0.2, 0.25) is 5.02 Å². The molecule has 0 heterocycles. The number of ether oxygens (including phenoxy) is 1. The largest absolute Gasteiger partial charge is 0.465 e. The van der Waals surface area contributed by atoms with Gasteiger partial charge in [-0.25, -0.2) is 8.42 Å². The molecule has 27 heavy (non-hydrogen) atoms. The zero-order chi connectivity index (χ0) is 20.2. The Hall–Kier alpha value is -2.26. The number of benzene rings is 2. The van der Waals surface area contributed by atoms with Gasteiger partial charge in [-0.2, -0.15) is 13.2 Å². The van der Waals surface area contributed by atoms with Gasteiger partial charge in [-0.3, -0.25) is 9.10 Å². The van der Waals surface area contributed by atoms with Crippen LogP contribution < -0.4 is 4.31 Å². The first-order valence-corrected chi connectivity index (χ1v) is 9.48. The Morgan fingerprint density at radius 3 is 2.11 bits per heavy atom. The lowest BCUT2D eigenvalue weighted by atomic mass is 10.2. The van der Waals surface area contributed by atoms with Crippen LogP contribution >= 0.6 is 11.6 Å². The zero-order valence-electron chi connectivity index (χ0n) is 14.0. The van der Waals surface area contributed by atoms with Gasteiger partial charge in [0.25, 0.3) is 10.0 Å². The third kappa shape index (κ3) is 5.14. The van der Waals surface area contributed by atoms with Crippen LogP contribution in [0.5, 0.6) is 0 Å². The van der Waals surface area contributed by atoms with Crippen molar-refractivity contribution in [1.82, 2.24) is 0 Å². The van der Waals surface area contributed by atoms with Gasteiger partial charge >= 0.3 is 12.1 Å². The molecule has 0 fully saturated rings. The van der Waals surface area contributed by atoms with Gasteiger partial charge in [0.05, 0.1) is 22.8 Å². The number of anilines is 1. The van der Waals surface area contributed by atoms with Gasteiger partial charge in [-0.1, -0.05) is 11.6 Å². The number of rotatable bonds is 6. The van der Waals surface area contributed by atoms with E-state index in [0.717, 1.165) is 24.3 Å². The average molecular weight is 422 g/mol. The Labute approximate surface area is 159 Å². The molecule has 0 atom stereocenters. The zero-order valence-corrected chi connectivity index (χ0v) is 15.6. The summed E-state index contributed by atoms with van der Waals surface area (Å²) in [5.74, 6) is -0.838. The van der Waals surface area contributed by atoms with E-state index < -0.39 is 34.3 Å². The van der Waals surface area contributed by atoms with Crippen LogP contribution in [0.3, 0.4) is 0 Å². The van der Waals surface area contributed by atoms with E-state index in [1.165, 1.54) is 24.3 Å². The highest BCUT2D eigenvalue weighted by molar-refractivity contribution is 7.92. The SMILES string of the molecule is CCOC(=O)CN(c1ccc(C(F)(F)F)cc1)S(=O)(=O)c1ccc(Cl)cc1. The minimum absolute atomic E-state index is 0.0284. The summed E-state index contributed by atoms with van der Waals surface area (Å²) in [4.78, 5) is 11.7. The van der Waals surface area contributed by atoms with Crippen LogP contribution in [0.1, 0.15) is 12.5 Å². The Bertz CT molecular complexity index is 897. The van der Waals surface area contributed by atoms with Crippen molar-refractivity contribution >= 4 is 33.3 Å². The number of halogens is 4. The number of alkyl halides is 3. The summed E-state index contributed by atoms with van der Waals surface area (Å²) in [7, 11) is -4.24. The molecule has 146 valence electrons. The van der Waals surface area contributed by atoms with E-state index in [2.05, 4.69) is 0 Å². The number of hydrogen-bond donors (Lipinski definition) is 0. The van der Waals surface area contributed by atoms with Gasteiger partial charge in [0.1, 0.15) is 6.54 Å². The second-order valence-corrected chi connectivity index (χ2v) is 7.61. The second-order valence-electron chi connectivity index (χ2n) is 5.32. The molecule has 0 saturated heterocycles. The Morgan fingerprint density at radius 2 is 1.63 bits per heavy atom. The van der Waals surface area contributed by atoms with E-state index in [-0.39, 0.29) is 17.2 Å². The quantitative estimate of drug-likeness (QED) is 0.658. The monoisotopic (exact) mass is 421 g/mol. The van der Waals surface area contributed by atoms with Gasteiger partial charge < -0.3 is 4.74 Å². The summed E-state index contributed by atoms with van der Waals surface area (Å²) in [6.45, 7) is 0.888. The number of nitrogens with zero attached hydrogens (tertiary/aromatic N) is 1. The molecular formula is C17H15ClF3NO4S. The lowest BCUT2D eigenvalue weighted by molar-refractivity contribution is -0.141. The predicted molar refractivity (Wildman–Crippen MR) is 94.1 cm³/mol. The van der Waals surface area contributed by atoms with Crippen molar-refractivity contribution in [2.45, 2.75) is 18.0 Å². The first kappa shape index (κ1) is 21.0. The second kappa shape index (κ2) is 8.18. The van der Waals surface area contributed by atoms with Crippen molar-refractivity contribution < 1.29 is 31.1 Å². The Balaban J connectivity index is 2.47. The number of carbonyl (C=O) groups excluding carboxylic acids is 1. The maximum Gasteiger partial charge on any atom is 0.416 e. The molecule has 0 aromatic heterocycles. The lowest BCUT2D eigenvalue weighted by Crippen LogP contribution is -2.36. The molecule has 2 aromatic rings. The maximum absolute atomic E-state index is 12.9. The molecule has 0 aliphatic carbocycles. The van der Waals surface area contributed by atoms with Crippen molar-refractivity contribution in [1.29, 1.82) is 0 Å². The third-order valence-electron chi connectivity index (χ3n) is 3.46. The number of carbonyl (C=O) groups is 1. The molecule has 0 bridgehead atoms. The minimum atomic E-state index is -4.57. The van der Waals surface area contributed by atoms with E-state index in [1.54, 1.807) is 6.92 Å². The normalized spacial score (nSPS) is 11.9. The fraction of sp³-hybridized carbons (Fsp3) is 0.235. The molecule has 0 unspecified atom stereocenters. The summed E-state index contributed by atoms with van der Waals surface area (Å²) < 4.78 is 69.6. The molecule has 2 rings (SSSR count). The molecule has 0 aliphatic rings. The standard InChI is InChI=1S/C17H15ClF3NO4S/c1-2-26-16(23)11-22(14-7-3-12(4-8-14)17(19,20)21)27(24,25)15-9-5-13(18)6-10-15/h3-10H,2,11H2,1H3. The van der Waals surface area contributed by atoms with E-state index in [1.807, 2.05) is 0 Å². The maximum atomic E-state index is 12.9. The highest BCUT2D eigenvalue weighted by Crippen LogP contribution is 2.32. The van der Waals surface area contributed by atoms with Gasteiger partial charge in [-0.15, -0.1) is 0 Å². The van der Waals surface area contributed by atoms with Crippen molar-refractivity contribution in [3.63, 3.8) is 0 Å². The highest BCUT2D eigenvalue weighted by atomic mass is 35.5. The molecule has 0 radical (unpaired) electrons. The van der Waals surface area contributed by atoms with Crippen LogP contribution in [0.4, 0.5) is 18.9 Å². The Kier molecular flexibility index (Phi) is 6.38. The van der Waals surface area contributed by atoms with Gasteiger partial charge in [0, 0.05) is 5.02 Å². The number of esters is 1. The molecule has 0 saturated carbocycles. The van der Waals surface area contributed by atoms with Crippen molar-refractivity contribution in [2.75, 3.05) is 17.5 Å². The summed E-state index contributed by atoms with van der Waals surface area (Å²) >= 11 is 5.75. The summed E-state index contributed by atoms with van der Waals surface area (Å²) in [5.41, 5.74) is -1.04. The summed E-state index contributed by atoms with van der Waals surface area (Å²) in [6.07, 6.45) is -4.57. The van der Waals surface area contributed by atoms with Crippen LogP contribution in [0, 0.1) is 0 Å². The van der Waals surface area contributed by atoms with Crippen molar-refractivity contribution in [3.05, 3.63) is 59.1 Å². The fourth-order valence-corrected chi connectivity index (χ4v) is 3.72. The highest BCUT2D eigenvalue weighted by Gasteiger charge is 2.32. The van der Waals surface area contributed by atoms with Crippen LogP contribution in [0.25, 0.3) is 0 Å². The van der Waals surface area contributed by atoms with E-state index in [0.29, 0.717) is 9.33 Å². The van der Waals surface area contributed by atoms with Gasteiger partial charge in [0.15, 0.2) is 0 Å². The third-order valence-corrected chi connectivity index (χ3v) is 5.50. The minimum Gasteiger partial charge on any atom is -0.465 e. The van der Waals surface area contributed by atoms with Crippen LogP contribution in [-0.2, 0) is 25.7 Å². The lowest BCUT2D eigenvalue weighted by Gasteiger charge is -2.24. The number of sulfonamides is 1. The topological polar surface area (TPSA) is 63.7 Å². The molecule has 2 aromatic carbocycles. The van der Waals surface area contributed by atoms with Crippen LogP contribution in [-0.4, -0.2) is 27.5 Å². The van der Waals surface area contributed by atoms with Crippen molar-refractivity contribution in [2.24, 2.45) is 0 Å². The Morgan fingerprint density at radius 1 is 1.07 bits per heavy atom. The predicted octanol–water partition coefficient (Wildman–Crippen LogP) is 4.12. The summed E-state index contributed by atoms with van der Waals surface area (Å²) in [6, 6.07) is 8.62. The first-order chi connectivity index (χ1) is 12.6. The number of hydrogen-bond acceptors (Lipinski definition) is 4. The average Bonchev–Trinajstić information content (AvgIpc) is 2.59.